The highest BCUT2D eigenvalue weighted by Gasteiger charge is 2.14. The average molecular weight is 234 g/mol. The summed E-state index contributed by atoms with van der Waals surface area (Å²) in [7, 11) is 1.71. The summed E-state index contributed by atoms with van der Waals surface area (Å²) in [6.45, 7) is 2.17. The number of thiazole rings is 1. The van der Waals surface area contributed by atoms with Crippen LogP contribution in [0.4, 0.5) is 0 Å². The number of aromatic nitrogens is 1. The van der Waals surface area contributed by atoms with Gasteiger partial charge in [0.1, 0.15) is 0 Å². The highest BCUT2D eigenvalue weighted by molar-refractivity contribution is 7.15. The van der Waals surface area contributed by atoms with E-state index in [1.54, 1.807) is 25.1 Å². The van der Waals surface area contributed by atoms with Crippen LogP contribution >= 0.6 is 22.9 Å². The normalized spacial score (nSPS) is 12.6. The summed E-state index contributed by atoms with van der Waals surface area (Å²) in [5, 5.41) is 0. The molecule has 1 aromatic heterocycles. The van der Waals surface area contributed by atoms with Crippen molar-refractivity contribution in [2.75, 3.05) is 7.05 Å². The van der Waals surface area contributed by atoms with Crippen molar-refractivity contribution in [3.63, 3.8) is 0 Å². The van der Waals surface area contributed by atoms with Gasteiger partial charge in [0.05, 0.1) is 12.6 Å². The summed E-state index contributed by atoms with van der Waals surface area (Å²) in [5.74, 6) is -0.0884. The molecular formula is C8H12ClN3OS. The van der Waals surface area contributed by atoms with E-state index in [4.69, 9.17) is 17.3 Å². The number of carbonyl (C=O) groups is 1. The van der Waals surface area contributed by atoms with Crippen LogP contribution in [0.25, 0.3) is 0 Å². The van der Waals surface area contributed by atoms with E-state index in [-0.39, 0.29) is 5.91 Å². The second-order valence-electron chi connectivity index (χ2n) is 3.06. The molecule has 0 radical (unpaired) electrons. The van der Waals surface area contributed by atoms with Crippen molar-refractivity contribution in [3.05, 3.63) is 15.5 Å². The number of halogens is 1. The van der Waals surface area contributed by atoms with Gasteiger partial charge in [-0.3, -0.25) is 4.79 Å². The number of nitrogens with zero attached hydrogens (tertiary/aromatic N) is 2. The van der Waals surface area contributed by atoms with Gasteiger partial charge in [-0.05, 0) is 6.92 Å². The Kier molecular flexibility index (Phi) is 3.86. The molecule has 0 aliphatic rings. The van der Waals surface area contributed by atoms with Gasteiger partial charge in [-0.2, -0.15) is 0 Å². The molecule has 0 bridgehead atoms. The SMILES string of the molecule is CC(N)C(=O)N(C)Cc1cnc(Cl)s1. The lowest BCUT2D eigenvalue weighted by atomic mass is 10.3. The zero-order chi connectivity index (χ0) is 10.7. The molecule has 1 rings (SSSR count). The maximum atomic E-state index is 11.4. The Hall–Kier alpha value is -0.650. The summed E-state index contributed by atoms with van der Waals surface area (Å²) in [6.07, 6.45) is 1.66. The maximum absolute atomic E-state index is 11.4. The van der Waals surface area contributed by atoms with Crippen molar-refractivity contribution >= 4 is 28.8 Å². The minimum Gasteiger partial charge on any atom is -0.339 e. The van der Waals surface area contributed by atoms with Gasteiger partial charge in [-0.15, -0.1) is 11.3 Å². The summed E-state index contributed by atoms with van der Waals surface area (Å²) in [5.41, 5.74) is 5.47. The van der Waals surface area contributed by atoms with Crippen LogP contribution in [0.15, 0.2) is 6.20 Å². The zero-order valence-corrected chi connectivity index (χ0v) is 9.60. The molecule has 6 heteroatoms. The first-order valence-corrected chi connectivity index (χ1v) is 5.31. The Morgan fingerprint density at radius 1 is 1.86 bits per heavy atom. The molecule has 1 amide bonds. The Labute approximate surface area is 91.7 Å². The van der Waals surface area contributed by atoms with Crippen molar-refractivity contribution in [1.82, 2.24) is 9.88 Å². The molecule has 0 aromatic carbocycles. The molecule has 0 saturated carbocycles. The van der Waals surface area contributed by atoms with Crippen LogP contribution in [0.5, 0.6) is 0 Å². The molecule has 2 N–H and O–H groups in total. The lowest BCUT2D eigenvalue weighted by Crippen LogP contribution is -2.39. The van der Waals surface area contributed by atoms with E-state index < -0.39 is 6.04 Å². The fourth-order valence-electron chi connectivity index (χ4n) is 1.02. The fourth-order valence-corrected chi connectivity index (χ4v) is 2.05. The van der Waals surface area contributed by atoms with Gasteiger partial charge in [0, 0.05) is 18.1 Å². The predicted octanol–water partition coefficient (Wildman–Crippen LogP) is 1.10. The lowest BCUT2D eigenvalue weighted by molar-refractivity contribution is -0.131. The maximum Gasteiger partial charge on any atom is 0.239 e. The quantitative estimate of drug-likeness (QED) is 0.851. The van der Waals surface area contributed by atoms with Crippen LogP contribution in [0.2, 0.25) is 4.47 Å². The first-order chi connectivity index (χ1) is 6.50. The molecule has 0 spiro atoms. The van der Waals surface area contributed by atoms with E-state index in [1.807, 2.05) is 0 Å². The summed E-state index contributed by atoms with van der Waals surface area (Å²) < 4.78 is 0.488. The lowest BCUT2D eigenvalue weighted by Gasteiger charge is -2.17. The van der Waals surface area contributed by atoms with Gasteiger partial charge in [0.15, 0.2) is 4.47 Å². The topological polar surface area (TPSA) is 59.2 Å². The molecule has 1 aromatic rings. The second-order valence-corrected chi connectivity index (χ2v) is 4.76. The first-order valence-electron chi connectivity index (χ1n) is 4.11. The molecule has 0 saturated heterocycles. The zero-order valence-electron chi connectivity index (χ0n) is 8.03. The first kappa shape index (κ1) is 11.4. The number of rotatable bonds is 3. The molecular weight excluding hydrogens is 222 g/mol. The molecule has 4 nitrogen and oxygen atoms in total. The van der Waals surface area contributed by atoms with Crippen LogP contribution in [-0.4, -0.2) is 28.9 Å². The van der Waals surface area contributed by atoms with Crippen LogP contribution in [0.3, 0.4) is 0 Å². The summed E-state index contributed by atoms with van der Waals surface area (Å²) in [4.78, 5) is 17.8. The van der Waals surface area contributed by atoms with Crippen LogP contribution < -0.4 is 5.73 Å². The van der Waals surface area contributed by atoms with Gasteiger partial charge >= 0.3 is 0 Å². The molecule has 0 fully saturated rings. The van der Waals surface area contributed by atoms with Crippen molar-refractivity contribution < 1.29 is 4.79 Å². The van der Waals surface area contributed by atoms with Crippen LogP contribution in [0.1, 0.15) is 11.8 Å². The molecule has 1 atom stereocenters. The number of amides is 1. The van der Waals surface area contributed by atoms with Crippen LogP contribution in [-0.2, 0) is 11.3 Å². The van der Waals surface area contributed by atoms with Gasteiger partial charge in [-0.1, -0.05) is 11.6 Å². The Bertz CT molecular complexity index is 326. The third kappa shape index (κ3) is 2.94. The van der Waals surface area contributed by atoms with E-state index in [0.29, 0.717) is 11.0 Å². The van der Waals surface area contributed by atoms with E-state index in [1.165, 1.54) is 11.3 Å². The summed E-state index contributed by atoms with van der Waals surface area (Å²) in [6, 6.07) is -0.469. The van der Waals surface area contributed by atoms with E-state index >= 15 is 0 Å². The monoisotopic (exact) mass is 233 g/mol. The molecule has 0 aliphatic carbocycles. The third-order valence-corrected chi connectivity index (χ3v) is 2.78. The fraction of sp³-hybridized carbons (Fsp3) is 0.500. The third-order valence-electron chi connectivity index (χ3n) is 1.68. The van der Waals surface area contributed by atoms with Gasteiger partial charge in [-0.25, -0.2) is 4.98 Å². The minimum absolute atomic E-state index is 0.0884. The van der Waals surface area contributed by atoms with Gasteiger partial charge < -0.3 is 10.6 Å². The average Bonchev–Trinajstić information content (AvgIpc) is 2.49. The smallest absolute Gasteiger partial charge is 0.239 e. The largest absolute Gasteiger partial charge is 0.339 e. The highest BCUT2D eigenvalue weighted by Crippen LogP contribution is 2.18. The number of hydrogen-bond donors (Lipinski definition) is 1. The van der Waals surface area contributed by atoms with E-state index in [9.17, 15) is 4.79 Å². The number of carbonyl (C=O) groups excluding carboxylic acids is 1. The molecule has 1 unspecified atom stereocenters. The predicted molar refractivity (Wildman–Crippen MR) is 57.2 cm³/mol. The summed E-state index contributed by atoms with van der Waals surface area (Å²) >= 11 is 7.03. The Morgan fingerprint density at radius 2 is 2.50 bits per heavy atom. The molecule has 0 aliphatic heterocycles. The highest BCUT2D eigenvalue weighted by atomic mass is 35.5. The van der Waals surface area contributed by atoms with Crippen molar-refractivity contribution in [2.45, 2.75) is 19.5 Å². The van der Waals surface area contributed by atoms with E-state index in [0.717, 1.165) is 4.88 Å². The van der Waals surface area contributed by atoms with Gasteiger partial charge in [0.25, 0.3) is 0 Å². The van der Waals surface area contributed by atoms with E-state index in [2.05, 4.69) is 4.98 Å². The van der Waals surface area contributed by atoms with Crippen molar-refractivity contribution in [3.8, 4) is 0 Å². The number of likely N-dealkylation sites (N-methyl/N-ethyl adjacent to an activating group) is 1. The molecule has 1 heterocycles. The second kappa shape index (κ2) is 4.72. The molecule has 78 valence electrons. The standard InChI is InChI=1S/C8H12ClN3OS/c1-5(10)7(13)12(2)4-6-3-11-8(9)14-6/h3,5H,4,10H2,1-2H3. The number of nitrogens with two attached hydrogens (primary N) is 1. The Morgan fingerprint density at radius 3 is 2.93 bits per heavy atom. The van der Waals surface area contributed by atoms with Crippen molar-refractivity contribution in [1.29, 1.82) is 0 Å². The number of hydrogen-bond acceptors (Lipinski definition) is 4. The minimum atomic E-state index is -0.469. The van der Waals surface area contributed by atoms with Crippen molar-refractivity contribution in [2.24, 2.45) is 5.73 Å². The molecule has 14 heavy (non-hydrogen) atoms. The Balaban J connectivity index is 2.57. The van der Waals surface area contributed by atoms with Gasteiger partial charge in [0.2, 0.25) is 5.91 Å². The van der Waals surface area contributed by atoms with Crippen LogP contribution in [0, 0.1) is 0 Å².